The first-order valence-corrected chi connectivity index (χ1v) is 8.14. The highest BCUT2D eigenvalue weighted by atomic mass is 35.5. The lowest BCUT2D eigenvalue weighted by Gasteiger charge is -2.29. The van der Waals surface area contributed by atoms with Crippen molar-refractivity contribution in [3.8, 4) is 0 Å². The number of hydrogen-bond donors (Lipinski definition) is 0. The van der Waals surface area contributed by atoms with Gasteiger partial charge in [0.1, 0.15) is 11.7 Å². The third-order valence-electron chi connectivity index (χ3n) is 3.89. The molecule has 0 N–H and O–H groups in total. The first-order valence-electron chi connectivity index (χ1n) is 6.85. The minimum atomic E-state index is -4.77. The van der Waals surface area contributed by atoms with Crippen molar-refractivity contribution in [2.75, 3.05) is 5.88 Å². The maximum atomic E-state index is 13.3. The summed E-state index contributed by atoms with van der Waals surface area (Å²) < 4.78 is 39.9. The minimum Gasteiger partial charge on any atom is -0.299 e. The quantitative estimate of drug-likeness (QED) is 0.523. The van der Waals surface area contributed by atoms with Crippen LogP contribution in [0, 0.1) is 5.92 Å². The molecule has 1 aliphatic carbocycles. The second kappa shape index (κ2) is 6.99. The molecular weight excluding hydrogens is 376 g/mol. The average molecular weight is 388 g/mol. The van der Waals surface area contributed by atoms with Gasteiger partial charge < -0.3 is 0 Å². The van der Waals surface area contributed by atoms with Gasteiger partial charge in [0, 0.05) is 33.8 Å². The summed E-state index contributed by atoms with van der Waals surface area (Å²) >= 11 is 17.2. The van der Waals surface area contributed by atoms with E-state index in [2.05, 4.69) is 0 Å². The van der Waals surface area contributed by atoms with Gasteiger partial charge in [0.2, 0.25) is 0 Å². The Labute approximate surface area is 145 Å². The Morgan fingerprint density at radius 3 is 2.39 bits per heavy atom. The molecule has 23 heavy (non-hydrogen) atoms. The Morgan fingerprint density at radius 2 is 1.83 bits per heavy atom. The van der Waals surface area contributed by atoms with Crippen molar-refractivity contribution in [2.24, 2.45) is 5.92 Å². The van der Waals surface area contributed by atoms with Gasteiger partial charge in [-0.2, -0.15) is 13.2 Å². The standard InChI is InChI=1S/C15H12Cl3F3O2/c16-4-3-7-1-2-11(22)13(14(7)23)12-9(15(19,20)21)5-8(17)6-10(12)18/h5-7,13H,1-4H2. The van der Waals surface area contributed by atoms with Crippen LogP contribution in [0.4, 0.5) is 13.2 Å². The Bertz CT molecular complexity index is 644. The third-order valence-corrected chi connectivity index (χ3v) is 4.64. The van der Waals surface area contributed by atoms with Crippen LogP contribution in [0.25, 0.3) is 0 Å². The van der Waals surface area contributed by atoms with E-state index in [9.17, 15) is 22.8 Å². The summed E-state index contributed by atoms with van der Waals surface area (Å²) in [7, 11) is 0. The van der Waals surface area contributed by atoms with Gasteiger partial charge in [-0.1, -0.05) is 23.2 Å². The number of hydrogen-bond acceptors (Lipinski definition) is 2. The molecule has 8 heteroatoms. The van der Waals surface area contributed by atoms with Crippen LogP contribution >= 0.6 is 34.8 Å². The molecule has 2 atom stereocenters. The topological polar surface area (TPSA) is 34.1 Å². The first kappa shape index (κ1) is 18.6. The molecule has 1 aromatic carbocycles. The van der Waals surface area contributed by atoms with E-state index in [-0.39, 0.29) is 22.3 Å². The SMILES string of the molecule is O=C1CCC(CCCl)C(=O)C1c1c(Cl)cc(Cl)cc1C(F)(F)F. The van der Waals surface area contributed by atoms with Crippen LogP contribution < -0.4 is 0 Å². The van der Waals surface area contributed by atoms with E-state index < -0.39 is 40.7 Å². The largest absolute Gasteiger partial charge is 0.416 e. The molecule has 0 radical (unpaired) electrons. The van der Waals surface area contributed by atoms with Crippen LogP contribution in [0.1, 0.15) is 36.3 Å². The van der Waals surface area contributed by atoms with E-state index in [1.165, 1.54) is 0 Å². The fraction of sp³-hybridized carbons (Fsp3) is 0.467. The molecule has 0 heterocycles. The van der Waals surface area contributed by atoms with Crippen LogP contribution in [-0.2, 0) is 15.8 Å². The molecule has 0 saturated heterocycles. The Kier molecular flexibility index (Phi) is 5.64. The second-order valence-electron chi connectivity index (χ2n) is 5.36. The molecule has 0 bridgehead atoms. The normalized spacial score (nSPS) is 22.5. The zero-order valence-corrected chi connectivity index (χ0v) is 14.0. The Morgan fingerprint density at radius 1 is 1.17 bits per heavy atom. The lowest BCUT2D eigenvalue weighted by Crippen LogP contribution is -2.35. The van der Waals surface area contributed by atoms with Gasteiger partial charge in [-0.05, 0) is 25.0 Å². The molecule has 2 rings (SSSR count). The zero-order valence-electron chi connectivity index (χ0n) is 11.7. The van der Waals surface area contributed by atoms with Crippen LogP contribution in [0.15, 0.2) is 12.1 Å². The summed E-state index contributed by atoms with van der Waals surface area (Å²) in [6.07, 6.45) is -4.14. The number of carbonyl (C=O) groups excluding carboxylic acids is 2. The van der Waals surface area contributed by atoms with Crippen LogP contribution in [0.2, 0.25) is 10.0 Å². The van der Waals surface area contributed by atoms with E-state index >= 15 is 0 Å². The van der Waals surface area contributed by atoms with Gasteiger partial charge in [-0.25, -0.2) is 0 Å². The fourth-order valence-electron chi connectivity index (χ4n) is 2.83. The molecule has 1 fully saturated rings. The Hall–Kier alpha value is -0.780. The van der Waals surface area contributed by atoms with Gasteiger partial charge in [0.05, 0.1) is 5.56 Å². The molecule has 1 saturated carbocycles. The summed E-state index contributed by atoms with van der Waals surface area (Å²) in [6, 6.07) is 1.80. The number of ketones is 2. The van der Waals surface area contributed by atoms with Crippen molar-refractivity contribution in [1.29, 1.82) is 0 Å². The number of benzene rings is 1. The average Bonchev–Trinajstić information content (AvgIpc) is 2.43. The molecule has 2 unspecified atom stereocenters. The molecule has 0 spiro atoms. The van der Waals surface area contributed by atoms with Crippen molar-refractivity contribution in [1.82, 2.24) is 0 Å². The second-order valence-corrected chi connectivity index (χ2v) is 6.58. The maximum Gasteiger partial charge on any atom is 0.416 e. The first-order chi connectivity index (χ1) is 10.7. The highest BCUT2D eigenvalue weighted by Gasteiger charge is 2.44. The summed E-state index contributed by atoms with van der Waals surface area (Å²) in [5.41, 5.74) is -1.65. The van der Waals surface area contributed by atoms with Gasteiger partial charge in [0.25, 0.3) is 0 Å². The maximum absolute atomic E-state index is 13.3. The summed E-state index contributed by atoms with van der Waals surface area (Å²) in [4.78, 5) is 24.7. The predicted molar refractivity (Wildman–Crippen MR) is 82.3 cm³/mol. The fourth-order valence-corrected chi connectivity index (χ4v) is 3.70. The molecule has 2 nitrogen and oxygen atoms in total. The van der Waals surface area contributed by atoms with E-state index in [0.29, 0.717) is 18.9 Å². The summed E-state index contributed by atoms with van der Waals surface area (Å²) in [5.74, 6) is -2.98. The van der Waals surface area contributed by atoms with Gasteiger partial charge in [0.15, 0.2) is 5.78 Å². The van der Waals surface area contributed by atoms with Crippen LogP contribution in [-0.4, -0.2) is 17.4 Å². The number of alkyl halides is 4. The van der Waals surface area contributed by atoms with Crippen LogP contribution in [0.3, 0.4) is 0 Å². The molecule has 0 aliphatic heterocycles. The van der Waals surface area contributed by atoms with Crippen LogP contribution in [0.5, 0.6) is 0 Å². The number of Topliss-reactive ketones (excluding diaryl/α,β-unsaturated/α-hetero) is 2. The van der Waals surface area contributed by atoms with Crippen molar-refractivity contribution >= 4 is 46.4 Å². The Balaban J connectivity index is 2.59. The molecule has 126 valence electrons. The number of carbonyl (C=O) groups is 2. The monoisotopic (exact) mass is 386 g/mol. The van der Waals surface area contributed by atoms with E-state index in [0.717, 1.165) is 6.07 Å². The van der Waals surface area contributed by atoms with Crippen molar-refractivity contribution in [3.05, 3.63) is 33.3 Å². The van der Waals surface area contributed by atoms with Gasteiger partial charge in [-0.3, -0.25) is 9.59 Å². The summed E-state index contributed by atoms with van der Waals surface area (Å²) in [5, 5.41) is -0.540. The highest BCUT2D eigenvalue weighted by molar-refractivity contribution is 6.36. The lowest BCUT2D eigenvalue weighted by atomic mass is 9.74. The van der Waals surface area contributed by atoms with Gasteiger partial charge in [-0.15, -0.1) is 11.6 Å². The van der Waals surface area contributed by atoms with Crippen molar-refractivity contribution < 1.29 is 22.8 Å². The van der Waals surface area contributed by atoms with E-state index in [1.807, 2.05) is 0 Å². The van der Waals surface area contributed by atoms with E-state index in [4.69, 9.17) is 34.8 Å². The van der Waals surface area contributed by atoms with Gasteiger partial charge >= 0.3 is 6.18 Å². The van der Waals surface area contributed by atoms with Crippen molar-refractivity contribution in [3.63, 3.8) is 0 Å². The molecule has 0 aromatic heterocycles. The third kappa shape index (κ3) is 3.83. The highest BCUT2D eigenvalue weighted by Crippen LogP contribution is 2.44. The smallest absolute Gasteiger partial charge is 0.299 e. The lowest BCUT2D eigenvalue weighted by molar-refractivity contribution is -0.140. The number of rotatable bonds is 3. The summed E-state index contributed by atoms with van der Waals surface area (Å²) in [6.45, 7) is 0. The van der Waals surface area contributed by atoms with E-state index in [1.54, 1.807) is 0 Å². The minimum absolute atomic E-state index is 0.0220. The predicted octanol–water partition coefficient (Wildman–Crippen LogP) is 5.27. The molecular formula is C15H12Cl3F3O2. The molecule has 0 amide bonds. The molecule has 1 aliphatic rings. The van der Waals surface area contributed by atoms with Crippen molar-refractivity contribution in [2.45, 2.75) is 31.4 Å². The zero-order chi connectivity index (χ0) is 17.4. The molecule has 1 aromatic rings. The number of halogens is 6.